The second-order valence-electron chi connectivity index (χ2n) is 7.42. The first kappa shape index (κ1) is 22.9. The SMILES string of the molecule is CCOC(=O)c1c(C)[nH]c(CN(Cc2ccccc2)C(=O)Nc2ccccc2OC)c1C. The molecular weight excluding hydrogens is 406 g/mol. The van der Waals surface area contributed by atoms with Crippen molar-refractivity contribution in [1.82, 2.24) is 9.88 Å². The number of nitrogens with one attached hydrogen (secondary N) is 2. The maximum Gasteiger partial charge on any atom is 0.340 e. The Labute approximate surface area is 188 Å². The van der Waals surface area contributed by atoms with Crippen molar-refractivity contribution in [1.29, 1.82) is 0 Å². The molecule has 3 rings (SSSR count). The molecule has 0 unspecified atom stereocenters. The van der Waals surface area contributed by atoms with E-state index in [0.29, 0.717) is 36.7 Å². The van der Waals surface area contributed by atoms with Crippen LogP contribution in [0.1, 0.15) is 39.8 Å². The topological polar surface area (TPSA) is 83.7 Å². The summed E-state index contributed by atoms with van der Waals surface area (Å²) in [5.41, 5.74) is 4.40. The van der Waals surface area contributed by atoms with E-state index in [0.717, 1.165) is 22.5 Å². The van der Waals surface area contributed by atoms with Gasteiger partial charge in [0.1, 0.15) is 5.75 Å². The molecule has 2 N–H and O–H groups in total. The molecule has 168 valence electrons. The lowest BCUT2D eigenvalue weighted by Crippen LogP contribution is -2.34. The van der Waals surface area contributed by atoms with E-state index in [9.17, 15) is 9.59 Å². The number of H-pyrrole nitrogens is 1. The zero-order valence-corrected chi connectivity index (χ0v) is 18.9. The van der Waals surface area contributed by atoms with E-state index in [4.69, 9.17) is 9.47 Å². The number of para-hydroxylation sites is 2. The van der Waals surface area contributed by atoms with Crippen LogP contribution in [-0.4, -0.2) is 35.6 Å². The molecule has 0 aliphatic heterocycles. The van der Waals surface area contributed by atoms with Gasteiger partial charge >= 0.3 is 12.0 Å². The molecule has 0 aliphatic carbocycles. The Morgan fingerprint density at radius 1 is 1.00 bits per heavy atom. The van der Waals surface area contributed by atoms with Crippen LogP contribution in [0.15, 0.2) is 54.6 Å². The molecular formula is C25H29N3O4. The summed E-state index contributed by atoms with van der Waals surface area (Å²) >= 11 is 0. The number of benzene rings is 2. The summed E-state index contributed by atoms with van der Waals surface area (Å²) in [7, 11) is 1.56. The minimum absolute atomic E-state index is 0.275. The number of urea groups is 1. The van der Waals surface area contributed by atoms with Gasteiger partial charge in [0.15, 0.2) is 0 Å². The van der Waals surface area contributed by atoms with Gasteiger partial charge in [-0.05, 0) is 44.0 Å². The van der Waals surface area contributed by atoms with Crippen molar-refractivity contribution in [3.8, 4) is 5.75 Å². The molecule has 2 aromatic carbocycles. The smallest absolute Gasteiger partial charge is 0.340 e. The molecule has 0 saturated heterocycles. The van der Waals surface area contributed by atoms with Crippen LogP contribution >= 0.6 is 0 Å². The molecule has 0 bridgehead atoms. The summed E-state index contributed by atoms with van der Waals surface area (Å²) < 4.78 is 10.5. The molecule has 3 aromatic rings. The lowest BCUT2D eigenvalue weighted by molar-refractivity contribution is 0.0525. The fourth-order valence-electron chi connectivity index (χ4n) is 3.62. The third-order valence-electron chi connectivity index (χ3n) is 5.22. The van der Waals surface area contributed by atoms with Crippen LogP contribution in [0, 0.1) is 13.8 Å². The van der Waals surface area contributed by atoms with Crippen LogP contribution in [0.25, 0.3) is 0 Å². The Morgan fingerprint density at radius 3 is 2.38 bits per heavy atom. The van der Waals surface area contributed by atoms with E-state index < -0.39 is 0 Å². The maximum absolute atomic E-state index is 13.3. The Hall–Kier alpha value is -3.74. The second kappa shape index (κ2) is 10.5. The lowest BCUT2D eigenvalue weighted by atomic mass is 10.1. The second-order valence-corrected chi connectivity index (χ2v) is 7.42. The number of carbonyl (C=O) groups excluding carboxylic acids is 2. The van der Waals surface area contributed by atoms with Crippen LogP contribution in [0.5, 0.6) is 5.75 Å². The summed E-state index contributed by atoms with van der Waals surface area (Å²) in [5.74, 6) is 0.218. The van der Waals surface area contributed by atoms with Gasteiger partial charge in [0, 0.05) is 17.9 Å². The summed E-state index contributed by atoms with van der Waals surface area (Å²) in [5, 5.41) is 2.94. The number of ether oxygens (including phenoxy) is 2. The third kappa shape index (κ3) is 5.29. The zero-order valence-electron chi connectivity index (χ0n) is 18.9. The molecule has 0 radical (unpaired) electrons. The summed E-state index contributed by atoms with van der Waals surface area (Å²) in [6.07, 6.45) is 0. The average Bonchev–Trinajstić information content (AvgIpc) is 3.07. The molecule has 0 saturated carbocycles. The molecule has 7 nitrogen and oxygen atoms in total. The van der Waals surface area contributed by atoms with Gasteiger partial charge in [-0.2, -0.15) is 0 Å². The first-order valence-corrected chi connectivity index (χ1v) is 10.5. The van der Waals surface area contributed by atoms with Gasteiger partial charge in [0.2, 0.25) is 0 Å². The molecule has 0 aliphatic rings. The molecule has 2 amide bonds. The number of hydrogen-bond acceptors (Lipinski definition) is 4. The van der Waals surface area contributed by atoms with Crippen molar-refractivity contribution in [2.24, 2.45) is 0 Å². The highest BCUT2D eigenvalue weighted by Crippen LogP contribution is 2.25. The van der Waals surface area contributed by atoms with Gasteiger partial charge < -0.3 is 24.7 Å². The van der Waals surface area contributed by atoms with Crippen LogP contribution in [0.4, 0.5) is 10.5 Å². The normalized spacial score (nSPS) is 10.5. The largest absolute Gasteiger partial charge is 0.495 e. The van der Waals surface area contributed by atoms with Crippen LogP contribution in [0.2, 0.25) is 0 Å². The maximum atomic E-state index is 13.3. The third-order valence-corrected chi connectivity index (χ3v) is 5.22. The fourth-order valence-corrected chi connectivity index (χ4v) is 3.62. The number of nitrogens with zero attached hydrogens (tertiary/aromatic N) is 1. The summed E-state index contributed by atoms with van der Waals surface area (Å²) in [6.45, 7) is 6.47. The van der Waals surface area contributed by atoms with Crippen LogP contribution < -0.4 is 10.1 Å². The standard InChI is InChI=1S/C25H29N3O4/c1-5-32-24(29)23-17(2)21(26-18(23)3)16-28(15-19-11-7-6-8-12-19)25(30)27-20-13-9-10-14-22(20)31-4/h6-14,26H,5,15-16H2,1-4H3,(H,27,30). The van der Waals surface area contributed by atoms with Crippen molar-refractivity contribution < 1.29 is 19.1 Å². The first-order chi connectivity index (χ1) is 15.4. The van der Waals surface area contributed by atoms with E-state index in [1.807, 2.05) is 56.3 Å². The van der Waals surface area contributed by atoms with Crippen molar-refractivity contribution in [2.75, 3.05) is 19.0 Å². The van der Waals surface area contributed by atoms with Gasteiger partial charge in [0.05, 0.1) is 31.5 Å². The molecule has 0 fully saturated rings. The van der Waals surface area contributed by atoms with Gasteiger partial charge in [-0.1, -0.05) is 42.5 Å². The Morgan fingerprint density at radius 2 is 1.69 bits per heavy atom. The Bertz CT molecular complexity index is 1080. The number of anilines is 1. The average molecular weight is 436 g/mol. The first-order valence-electron chi connectivity index (χ1n) is 10.5. The number of hydrogen-bond donors (Lipinski definition) is 2. The number of carbonyl (C=O) groups is 2. The van der Waals surface area contributed by atoms with Crippen molar-refractivity contribution >= 4 is 17.7 Å². The van der Waals surface area contributed by atoms with Gasteiger partial charge in [-0.3, -0.25) is 0 Å². The number of aromatic nitrogens is 1. The number of methoxy groups -OCH3 is 1. The molecule has 1 heterocycles. The summed E-state index contributed by atoms with van der Waals surface area (Å²) in [4.78, 5) is 30.6. The van der Waals surface area contributed by atoms with Crippen molar-refractivity contribution in [3.05, 3.63) is 82.7 Å². The monoisotopic (exact) mass is 435 g/mol. The quantitative estimate of drug-likeness (QED) is 0.485. The molecule has 32 heavy (non-hydrogen) atoms. The fraction of sp³-hybridized carbons (Fsp3) is 0.280. The lowest BCUT2D eigenvalue weighted by Gasteiger charge is -2.24. The summed E-state index contributed by atoms with van der Waals surface area (Å²) in [6, 6.07) is 16.8. The van der Waals surface area contributed by atoms with Gasteiger partial charge in [-0.15, -0.1) is 0 Å². The van der Waals surface area contributed by atoms with Crippen molar-refractivity contribution in [2.45, 2.75) is 33.9 Å². The molecule has 1 aromatic heterocycles. The number of aryl methyl sites for hydroxylation is 1. The van der Waals surface area contributed by atoms with E-state index in [1.165, 1.54) is 0 Å². The van der Waals surface area contributed by atoms with Crippen LogP contribution in [0.3, 0.4) is 0 Å². The van der Waals surface area contributed by atoms with E-state index in [-0.39, 0.29) is 12.0 Å². The minimum Gasteiger partial charge on any atom is -0.495 e. The Kier molecular flexibility index (Phi) is 7.54. The number of rotatable bonds is 8. The highest BCUT2D eigenvalue weighted by atomic mass is 16.5. The zero-order chi connectivity index (χ0) is 23.1. The highest BCUT2D eigenvalue weighted by molar-refractivity contribution is 5.93. The van der Waals surface area contributed by atoms with Gasteiger partial charge in [0.25, 0.3) is 0 Å². The van der Waals surface area contributed by atoms with E-state index >= 15 is 0 Å². The number of esters is 1. The molecule has 0 atom stereocenters. The predicted octanol–water partition coefficient (Wildman–Crippen LogP) is 5.05. The van der Waals surface area contributed by atoms with Crippen LogP contribution in [-0.2, 0) is 17.8 Å². The van der Waals surface area contributed by atoms with Gasteiger partial charge in [-0.25, -0.2) is 9.59 Å². The number of aromatic amines is 1. The van der Waals surface area contributed by atoms with E-state index in [1.54, 1.807) is 31.1 Å². The Balaban J connectivity index is 1.89. The highest BCUT2D eigenvalue weighted by Gasteiger charge is 2.23. The van der Waals surface area contributed by atoms with Crippen molar-refractivity contribution in [3.63, 3.8) is 0 Å². The van der Waals surface area contributed by atoms with E-state index in [2.05, 4.69) is 10.3 Å². The minimum atomic E-state index is -0.363. The predicted molar refractivity (Wildman–Crippen MR) is 124 cm³/mol. The molecule has 7 heteroatoms. The number of amides is 2. The molecule has 0 spiro atoms.